The number of carbonyl (C=O) groups excluding carboxylic acids is 2. The Morgan fingerprint density at radius 2 is 1.72 bits per heavy atom. The van der Waals surface area contributed by atoms with Crippen molar-refractivity contribution in [3.05, 3.63) is 29.8 Å². The number of hydrogen-bond donors (Lipinski definition) is 2. The third-order valence-electron chi connectivity index (χ3n) is 1.55. The zero-order valence-electron chi connectivity index (χ0n) is 9.32. The summed E-state index contributed by atoms with van der Waals surface area (Å²) in [6.07, 6.45) is 0. The molecule has 1 rings (SSSR count). The Morgan fingerprint density at radius 1 is 1.22 bits per heavy atom. The third kappa shape index (κ3) is 8.24. The highest BCUT2D eigenvalue weighted by Gasteiger charge is 1.98. The van der Waals surface area contributed by atoms with Gasteiger partial charge in [0.2, 0.25) is 11.8 Å². The van der Waals surface area contributed by atoms with Crippen LogP contribution in [0, 0.1) is 11.3 Å². The van der Waals surface area contributed by atoms with Gasteiger partial charge in [-0.2, -0.15) is 5.26 Å². The van der Waals surface area contributed by atoms with E-state index in [4.69, 9.17) is 5.26 Å². The minimum absolute atomic E-state index is 0.0368. The quantitative estimate of drug-likeness (QED) is 0.521. The minimum Gasteiger partial charge on any atom is -0.369 e. The van der Waals surface area contributed by atoms with Gasteiger partial charge in [0.05, 0.1) is 20.5 Å². The lowest BCUT2D eigenvalue weighted by molar-refractivity contribution is -0.115. The van der Waals surface area contributed by atoms with Gasteiger partial charge in [0.25, 0.3) is 0 Å². The van der Waals surface area contributed by atoms with Crippen molar-refractivity contribution in [1.82, 2.24) is 0 Å². The number of nitrogens with one attached hydrogen (secondary N) is 1. The molecular formula is C11H11I2N3O2. The summed E-state index contributed by atoms with van der Waals surface area (Å²) in [7, 11) is 0. The fraction of sp³-hybridized carbons (Fsp3) is 0.182. The van der Waals surface area contributed by atoms with Gasteiger partial charge in [-0.3, -0.25) is 9.59 Å². The highest BCUT2D eigenvalue weighted by Crippen LogP contribution is 2.08. The zero-order chi connectivity index (χ0) is 14.0. The normalized spacial score (nSPS) is 8.50. The number of amides is 2. The number of carbonyl (C=O) groups is 2. The summed E-state index contributed by atoms with van der Waals surface area (Å²) < 4.78 is 0.843. The first-order valence-corrected chi connectivity index (χ1v) is 7.78. The number of primary amides is 1. The van der Waals surface area contributed by atoms with Crippen molar-refractivity contribution >= 4 is 62.7 Å². The first kappa shape index (κ1) is 17.1. The van der Waals surface area contributed by atoms with Crippen LogP contribution in [-0.2, 0) is 9.59 Å². The molecule has 0 radical (unpaired) electrons. The molecule has 0 aromatic heterocycles. The minimum atomic E-state index is -0.259. The van der Waals surface area contributed by atoms with E-state index < -0.39 is 0 Å². The highest BCUT2D eigenvalue weighted by molar-refractivity contribution is 14.1. The maximum atomic E-state index is 11.0. The number of nitrogens with zero attached hydrogens (tertiary/aromatic N) is 1. The van der Waals surface area contributed by atoms with Gasteiger partial charge in [0.1, 0.15) is 0 Å². The molecule has 96 valence electrons. The van der Waals surface area contributed by atoms with Gasteiger partial charge < -0.3 is 11.1 Å². The van der Waals surface area contributed by atoms with Crippen molar-refractivity contribution in [3.8, 4) is 6.07 Å². The fourth-order valence-electron chi connectivity index (χ4n) is 0.822. The van der Waals surface area contributed by atoms with Gasteiger partial charge in [-0.15, -0.1) is 0 Å². The standard InChI is InChI=1S/C9H7IN2O.C2H4INO/c10-5-9(13)12-8-3-1-7(6-11)2-4-8;3-1-2(4)5/h1-4H,5H2,(H,12,13);1H2,(H2,4,5). The van der Waals surface area contributed by atoms with Gasteiger partial charge in [0.15, 0.2) is 0 Å². The summed E-state index contributed by atoms with van der Waals surface area (Å²) in [5, 5.41) is 11.2. The van der Waals surface area contributed by atoms with E-state index in [1.165, 1.54) is 0 Å². The van der Waals surface area contributed by atoms with Crippen LogP contribution in [0.25, 0.3) is 0 Å². The van der Waals surface area contributed by atoms with Crippen molar-refractivity contribution in [1.29, 1.82) is 5.26 Å². The lowest BCUT2D eigenvalue weighted by atomic mass is 10.2. The van der Waals surface area contributed by atoms with E-state index in [-0.39, 0.29) is 11.8 Å². The zero-order valence-corrected chi connectivity index (χ0v) is 13.6. The van der Waals surface area contributed by atoms with Gasteiger partial charge >= 0.3 is 0 Å². The van der Waals surface area contributed by atoms with Crippen molar-refractivity contribution < 1.29 is 9.59 Å². The van der Waals surface area contributed by atoms with Gasteiger partial charge in [-0.25, -0.2) is 0 Å². The molecule has 0 heterocycles. The lowest BCUT2D eigenvalue weighted by Crippen LogP contribution is -2.11. The Morgan fingerprint density at radius 3 is 2.06 bits per heavy atom. The number of alkyl halides is 2. The monoisotopic (exact) mass is 471 g/mol. The van der Waals surface area contributed by atoms with E-state index >= 15 is 0 Å². The van der Waals surface area contributed by atoms with Crippen molar-refractivity contribution in [3.63, 3.8) is 0 Å². The molecule has 0 spiro atoms. The van der Waals surface area contributed by atoms with E-state index in [0.29, 0.717) is 14.4 Å². The summed E-state index contributed by atoms with van der Waals surface area (Å²) in [5.41, 5.74) is 5.96. The van der Waals surface area contributed by atoms with E-state index in [1.54, 1.807) is 24.3 Å². The summed E-state index contributed by atoms with van der Waals surface area (Å²) in [6.45, 7) is 0. The van der Waals surface area contributed by atoms with Crippen molar-refractivity contribution in [2.75, 3.05) is 14.2 Å². The SMILES string of the molecule is N#Cc1ccc(NC(=O)CI)cc1.NC(=O)CI. The topological polar surface area (TPSA) is 96.0 Å². The molecular weight excluding hydrogens is 460 g/mol. The molecule has 0 bridgehead atoms. The lowest BCUT2D eigenvalue weighted by Gasteiger charge is -2.01. The van der Waals surface area contributed by atoms with E-state index in [2.05, 4.69) is 11.1 Å². The number of nitrogens with two attached hydrogens (primary N) is 1. The first-order chi connectivity index (χ1) is 8.53. The molecule has 0 aliphatic carbocycles. The van der Waals surface area contributed by atoms with Crippen LogP contribution in [0.5, 0.6) is 0 Å². The summed E-state index contributed by atoms with van der Waals surface area (Å²) in [5.74, 6) is -0.295. The number of rotatable bonds is 3. The average Bonchev–Trinajstić information content (AvgIpc) is 2.40. The third-order valence-corrected chi connectivity index (χ3v) is 3.00. The van der Waals surface area contributed by atoms with Crippen LogP contribution in [0.15, 0.2) is 24.3 Å². The predicted molar refractivity (Wildman–Crippen MR) is 86.8 cm³/mol. The smallest absolute Gasteiger partial charge is 0.234 e. The number of anilines is 1. The van der Waals surface area contributed by atoms with E-state index in [1.807, 2.05) is 51.3 Å². The molecule has 0 fully saturated rings. The number of nitriles is 1. The second-order valence-corrected chi connectivity index (χ2v) is 4.50. The first-order valence-electron chi connectivity index (χ1n) is 4.73. The summed E-state index contributed by atoms with van der Waals surface area (Å²) in [6, 6.07) is 8.77. The molecule has 0 saturated carbocycles. The van der Waals surface area contributed by atoms with Crippen LogP contribution in [0.4, 0.5) is 5.69 Å². The summed E-state index contributed by atoms with van der Waals surface area (Å²) in [4.78, 5) is 20.5. The molecule has 1 aromatic carbocycles. The molecule has 5 nitrogen and oxygen atoms in total. The molecule has 0 saturated heterocycles. The molecule has 1 aromatic rings. The summed E-state index contributed by atoms with van der Waals surface area (Å²) >= 11 is 3.89. The van der Waals surface area contributed by atoms with Gasteiger partial charge in [0, 0.05) is 5.69 Å². The maximum Gasteiger partial charge on any atom is 0.234 e. The van der Waals surface area contributed by atoms with E-state index in [0.717, 1.165) is 5.69 Å². The molecule has 0 unspecified atom stereocenters. The maximum absolute atomic E-state index is 11.0. The number of benzene rings is 1. The second-order valence-electron chi connectivity index (χ2n) is 2.97. The van der Waals surface area contributed by atoms with Crippen LogP contribution >= 0.6 is 45.2 Å². The van der Waals surface area contributed by atoms with Crippen LogP contribution in [-0.4, -0.2) is 20.7 Å². The van der Waals surface area contributed by atoms with Gasteiger partial charge in [-0.05, 0) is 24.3 Å². The molecule has 18 heavy (non-hydrogen) atoms. The van der Waals surface area contributed by atoms with E-state index in [9.17, 15) is 9.59 Å². The molecule has 7 heteroatoms. The Bertz CT molecular complexity index is 441. The molecule has 0 aliphatic rings. The average molecular weight is 471 g/mol. The molecule has 0 atom stereocenters. The van der Waals surface area contributed by atoms with Crippen LogP contribution in [0.3, 0.4) is 0 Å². The number of halogens is 2. The second kappa shape index (κ2) is 10.1. The Balaban J connectivity index is 0.000000494. The van der Waals surface area contributed by atoms with Crippen molar-refractivity contribution in [2.24, 2.45) is 5.73 Å². The fourth-order valence-corrected chi connectivity index (χ4v) is 1.01. The van der Waals surface area contributed by atoms with Crippen LogP contribution in [0.1, 0.15) is 5.56 Å². The molecule has 3 N–H and O–H groups in total. The largest absolute Gasteiger partial charge is 0.369 e. The Hall–Kier alpha value is -0.890. The van der Waals surface area contributed by atoms with Gasteiger partial charge in [-0.1, -0.05) is 45.2 Å². The van der Waals surface area contributed by atoms with Crippen molar-refractivity contribution in [2.45, 2.75) is 0 Å². The highest BCUT2D eigenvalue weighted by atomic mass is 127. The Kier molecular flexibility index (Phi) is 9.57. The van der Waals surface area contributed by atoms with Crippen LogP contribution in [0.2, 0.25) is 0 Å². The Labute approximate surface area is 132 Å². The predicted octanol–water partition coefficient (Wildman–Crippen LogP) is 1.84. The number of hydrogen-bond acceptors (Lipinski definition) is 3. The van der Waals surface area contributed by atoms with Crippen LogP contribution < -0.4 is 11.1 Å². The molecule has 2 amide bonds. The molecule has 0 aliphatic heterocycles.